The van der Waals surface area contributed by atoms with Gasteiger partial charge in [0, 0.05) is 18.4 Å². The van der Waals surface area contributed by atoms with E-state index >= 15 is 0 Å². The molecule has 0 bridgehead atoms. The number of hydrogen-bond acceptors (Lipinski definition) is 10. The predicted molar refractivity (Wildman–Crippen MR) is 131 cm³/mol. The number of ketones is 1. The van der Waals surface area contributed by atoms with Crippen molar-refractivity contribution in [2.75, 3.05) is 20.0 Å². The van der Waals surface area contributed by atoms with Crippen molar-refractivity contribution in [3.63, 3.8) is 0 Å². The summed E-state index contributed by atoms with van der Waals surface area (Å²) in [5, 5.41) is 24.4. The minimum absolute atomic E-state index is 0.0688. The second-order valence-corrected chi connectivity index (χ2v) is 12.9. The first-order valence-electron chi connectivity index (χ1n) is 15.6. The number of aliphatic hydroxyl groups is 2. The lowest BCUT2D eigenvalue weighted by Gasteiger charge is -2.63. The van der Waals surface area contributed by atoms with E-state index in [1.165, 1.54) is 0 Å². The Balaban J connectivity index is 1.16. The van der Waals surface area contributed by atoms with Gasteiger partial charge in [-0.3, -0.25) is 4.79 Å². The third kappa shape index (κ3) is 2.96. The first kappa shape index (κ1) is 22.0. The number of rotatable bonds is 1. The molecule has 1 spiro atoms. The number of fused-ring (bicyclic) bond motifs is 6. The Morgan fingerprint density at radius 3 is 2.82 bits per heavy atom. The molecule has 3 saturated carbocycles. The van der Waals surface area contributed by atoms with E-state index in [1.807, 2.05) is 13.0 Å². The molecule has 0 amide bonds. The molecular weight excluding hydrogens is 508 g/mol. The van der Waals surface area contributed by atoms with E-state index in [9.17, 15) is 19.8 Å². The molecule has 10 heteroatoms. The van der Waals surface area contributed by atoms with Gasteiger partial charge < -0.3 is 38.6 Å². The van der Waals surface area contributed by atoms with Crippen LogP contribution >= 0.6 is 0 Å². The average Bonchev–Trinajstić information content (AvgIpc) is 3.53. The van der Waals surface area contributed by atoms with E-state index in [1.54, 1.807) is 6.92 Å². The fourth-order valence-electron chi connectivity index (χ4n) is 9.65. The van der Waals surface area contributed by atoms with Crippen LogP contribution in [-0.2, 0) is 38.0 Å². The molecule has 6 fully saturated rings. The van der Waals surface area contributed by atoms with Crippen LogP contribution in [0.25, 0.3) is 0 Å². The Labute approximate surface area is 230 Å². The van der Waals surface area contributed by atoms with Crippen LogP contribution in [0.2, 0.25) is 0 Å². The number of carbonyl (C=O) groups is 2. The molecule has 12 atom stereocenters. The maximum atomic E-state index is 14.3. The highest BCUT2D eigenvalue weighted by Crippen LogP contribution is 2.68. The van der Waals surface area contributed by atoms with Crippen molar-refractivity contribution >= 4 is 11.8 Å². The van der Waals surface area contributed by atoms with Crippen LogP contribution in [0.1, 0.15) is 56.5 Å². The Hall–Kier alpha value is -1.66. The molecule has 8 aliphatic rings. The van der Waals surface area contributed by atoms with Gasteiger partial charge in [-0.2, -0.15) is 0 Å². The van der Waals surface area contributed by atoms with Gasteiger partial charge in [0.05, 0.1) is 27.8 Å². The fraction of sp³-hybridized carbons (Fsp3) is 0.793. The molecule has 4 heterocycles. The first-order valence-corrected chi connectivity index (χ1v) is 14.1. The van der Waals surface area contributed by atoms with Crippen molar-refractivity contribution < 1.29 is 52.3 Å². The lowest BCUT2D eigenvalue weighted by atomic mass is 9.43. The van der Waals surface area contributed by atoms with Crippen LogP contribution in [0, 0.1) is 28.6 Å². The Morgan fingerprint density at radius 1 is 1.18 bits per heavy atom. The minimum atomic E-state index is -2.57. The molecule has 4 aliphatic carbocycles. The van der Waals surface area contributed by atoms with Gasteiger partial charge in [0.25, 0.3) is 0 Å². The largest absolute Gasteiger partial charge is 0.458 e. The second kappa shape index (κ2) is 8.00. The smallest absolute Gasteiger partial charge is 0.331 e. The van der Waals surface area contributed by atoms with Crippen molar-refractivity contribution in [2.24, 2.45) is 28.6 Å². The SMILES string of the molecule is [2H]C1=C([C@H]2CC[C@]3(O)[C@@H]4CCC5=C[C@H]6O[C@@H]7OCC[C@H]8OCO[C@@]78O[C@@H]6C[C@]5(C)[C@H]4[C@H](O)C(=O)[C@]23C)C([2H])([2H])OC1=O. The number of allylic oxidation sites excluding steroid dienone is 1. The maximum Gasteiger partial charge on any atom is 0.331 e. The highest BCUT2D eigenvalue weighted by molar-refractivity contribution is 5.93. The summed E-state index contributed by atoms with van der Waals surface area (Å²) in [6.45, 7) is 1.55. The lowest BCUT2D eigenvalue weighted by Crippen LogP contribution is -2.71. The molecule has 0 aromatic rings. The molecule has 3 saturated heterocycles. The van der Waals surface area contributed by atoms with E-state index in [0.29, 0.717) is 32.3 Å². The van der Waals surface area contributed by atoms with Crippen LogP contribution < -0.4 is 0 Å². The second-order valence-electron chi connectivity index (χ2n) is 12.9. The summed E-state index contributed by atoms with van der Waals surface area (Å²) in [6.07, 6.45) is 1.12. The quantitative estimate of drug-likeness (QED) is 0.368. The van der Waals surface area contributed by atoms with Crippen molar-refractivity contribution in [3.05, 3.63) is 23.3 Å². The number of Topliss-reactive ketones (excluding diaryl/α,β-unsaturated/α-hetero) is 1. The van der Waals surface area contributed by atoms with Crippen molar-refractivity contribution in [2.45, 2.75) is 94.5 Å². The van der Waals surface area contributed by atoms with E-state index in [0.717, 1.165) is 5.57 Å². The van der Waals surface area contributed by atoms with Crippen molar-refractivity contribution in [3.8, 4) is 0 Å². The number of carbonyl (C=O) groups excluding carboxylic acids is 2. The van der Waals surface area contributed by atoms with E-state index < -0.39 is 88.9 Å². The Bertz CT molecular complexity index is 1330. The highest BCUT2D eigenvalue weighted by atomic mass is 16.9. The summed E-state index contributed by atoms with van der Waals surface area (Å²) in [4.78, 5) is 26.5. The average molecular weight is 548 g/mol. The normalized spacial score (nSPS) is 58.5. The van der Waals surface area contributed by atoms with Crippen LogP contribution in [0.3, 0.4) is 0 Å². The number of cyclic esters (lactones) is 1. The van der Waals surface area contributed by atoms with E-state index in [2.05, 4.69) is 0 Å². The lowest BCUT2D eigenvalue weighted by molar-refractivity contribution is -0.422. The first-order chi connectivity index (χ1) is 19.8. The van der Waals surface area contributed by atoms with Gasteiger partial charge in [0.1, 0.15) is 24.9 Å². The monoisotopic (exact) mass is 547 g/mol. The van der Waals surface area contributed by atoms with E-state index in [4.69, 9.17) is 32.5 Å². The van der Waals surface area contributed by atoms with Crippen LogP contribution in [-0.4, -0.2) is 84.0 Å². The molecule has 10 nitrogen and oxygen atoms in total. The van der Waals surface area contributed by atoms with Gasteiger partial charge in [0.15, 0.2) is 12.6 Å². The van der Waals surface area contributed by atoms with Crippen LogP contribution in [0.4, 0.5) is 0 Å². The molecule has 0 aromatic heterocycles. The minimum Gasteiger partial charge on any atom is -0.458 e. The number of aliphatic hydroxyl groups excluding tert-OH is 1. The third-order valence-corrected chi connectivity index (χ3v) is 11.6. The van der Waals surface area contributed by atoms with Gasteiger partial charge in [-0.15, -0.1) is 0 Å². The number of hydrogen-bond donors (Lipinski definition) is 2. The predicted octanol–water partition coefficient (Wildman–Crippen LogP) is 1.52. The summed E-state index contributed by atoms with van der Waals surface area (Å²) in [5.41, 5.74) is -3.10. The zero-order valence-corrected chi connectivity index (χ0v) is 22.0. The molecule has 0 unspecified atom stereocenters. The zero-order chi connectivity index (χ0) is 29.6. The third-order valence-electron chi connectivity index (χ3n) is 11.6. The number of esters is 1. The van der Waals surface area contributed by atoms with Crippen molar-refractivity contribution in [1.82, 2.24) is 0 Å². The van der Waals surface area contributed by atoms with Crippen LogP contribution in [0.5, 0.6) is 0 Å². The van der Waals surface area contributed by atoms with Gasteiger partial charge in [-0.25, -0.2) is 4.79 Å². The standard InChI is InChI=1S/C29H36O10/c1-26-11-19-18(38-25-29(39-19)20(6-8-34-25)36-13-37-29)10-15(26)3-4-17-22(26)23(31)24(32)27(2)16(5-7-28(17,27)33)14-9-21(30)35-12-14/h9-10,16-20,22-23,25,31,33H,3-8,11-13H2,1-2H3/t16-,17-,18-,19-,20-,22-,23+,25+,26+,27+,28+,29+/m1/s1/i9D,12D2. The van der Waals surface area contributed by atoms with Gasteiger partial charge >= 0.3 is 5.97 Å². The Kier molecular flexibility index (Phi) is 4.51. The fourth-order valence-corrected chi connectivity index (χ4v) is 9.65. The molecule has 8 rings (SSSR count). The topological polar surface area (TPSA) is 130 Å². The Morgan fingerprint density at radius 2 is 2.03 bits per heavy atom. The molecule has 0 radical (unpaired) electrons. The molecular formula is C29H36O10. The summed E-state index contributed by atoms with van der Waals surface area (Å²) >= 11 is 0. The molecule has 0 aromatic carbocycles. The number of ether oxygens (including phenoxy) is 6. The molecule has 4 aliphatic heterocycles. The van der Waals surface area contributed by atoms with Gasteiger partial charge in [-0.1, -0.05) is 18.6 Å². The van der Waals surface area contributed by atoms with E-state index in [-0.39, 0.29) is 31.3 Å². The molecule has 2 N–H and O–H groups in total. The summed E-state index contributed by atoms with van der Waals surface area (Å²) < 4.78 is 60.4. The van der Waals surface area contributed by atoms with Gasteiger partial charge in [-0.05, 0) is 61.9 Å². The summed E-state index contributed by atoms with van der Waals surface area (Å²) in [7, 11) is 0. The highest BCUT2D eigenvalue weighted by Gasteiger charge is 2.74. The van der Waals surface area contributed by atoms with Crippen LogP contribution in [0.15, 0.2) is 23.3 Å². The molecule has 212 valence electrons. The summed E-state index contributed by atoms with van der Waals surface area (Å²) in [6, 6.07) is -0.616. The zero-order valence-electron chi connectivity index (χ0n) is 25.0. The maximum absolute atomic E-state index is 14.3. The van der Waals surface area contributed by atoms with Crippen molar-refractivity contribution in [1.29, 1.82) is 0 Å². The van der Waals surface area contributed by atoms with Gasteiger partial charge in [0.2, 0.25) is 12.1 Å². The molecule has 39 heavy (non-hydrogen) atoms. The summed E-state index contributed by atoms with van der Waals surface area (Å²) in [5.74, 6) is -4.97.